The van der Waals surface area contributed by atoms with Crippen molar-refractivity contribution in [1.82, 2.24) is 9.97 Å². The van der Waals surface area contributed by atoms with E-state index in [9.17, 15) is 0 Å². The van der Waals surface area contributed by atoms with Crippen LogP contribution in [0, 0.1) is 12.1 Å². The first-order chi connectivity index (χ1) is 24.2. The quantitative estimate of drug-likeness (QED) is 0.123. The molecule has 0 atom stereocenters. The summed E-state index contributed by atoms with van der Waals surface area (Å²) in [4.78, 5) is 9.21. The fraction of sp³-hybridized carbons (Fsp3) is 0.130. The van der Waals surface area contributed by atoms with Gasteiger partial charge in [-0.1, -0.05) is 79.4 Å². The Balaban J connectivity index is 0.000000178. The van der Waals surface area contributed by atoms with Gasteiger partial charge in [0, 0.05) is 26.3 Å². The van der Waals surface area contributed by atoms with Crippen LogP contribution in [0.15, 0.2) is 150 Å². The van der Waals surface area contributed by atoms with Crippen LogP contribution in [0.4, 0.5) is 0 Å². The zero-order valence-corrected chi connectivity index (χ0v) is 34.1. The molecule has 3 aromatic heterocycles. The van der Waals surface area contributed by atoms with Crippen molar-refractivity contribution in [3.8, 4) is 44.8 Å². The summed E-state index contributed by atoms with van der Waals surface area (Å²) in [5.41, 5.74) is 11.6. The minimum atomic E-state index is -1.79. The van der Waals surface area contributed by atoms with E-state index >= 15 is 0 Å². The number of furan rings is 1. The number of fused-ring (bicyclic) bond motifs is 3. The molecule has 0 unspecified atom stereocenters. The summed E-state index contributed by atoms with van der Waals surface area (Å²) in [7, 11) is 0. The van der Waals surface area contributed by atoms with Crippen molar-refractivity contribution < 1.29 is 24.5 Å². The average Bonchev–Trinajstić information content (AvgIpc) is 3.54. The summed E-state index contributed by atoms with van der Waals surface area (Å²) in [6.45, 7) is 4.38. The van der Waals surface area contributed by atoms with Crippen molar-refractivity contribution in [2.24, 2.45) is 0 Å². The molecule has 1 radical (unpaired) electrons. The third-order valence-electron chi connectivity index (χ3n) is 9.04. The van der Waals surface area contributed by atoms with Crippen molar-refractivity contribution in [3.63, 3.8) is 0 Å². The summed E-state index contributed by atoms with van der Waals surface area (Å²) in [6, 6.07) is 52.9. The van der Waals surface area contributed by atoms with Gasteiger partial charge < -0.3 is 9.40 Å². The third-order valence-corrected chi connectivity index (χ3v) is 13.3. The topological polar surface area (TPSA) is 38.9 Å². The van der Waals surface area contributed by atoms with Crippen LogP contribution in [0.5, 0.6) is 0 Å². The number of aromatic nitrogens is 2. The standard InChI is InChI=1S/C26H20NO.C20H20GeN.Ir/c1-17(2)19-13-14-27-23(15-19)20-11-12-22-25(16-20)28-24-10-6-9-21(26(22)24)18-7-4-3-5-8-18;1-21(2,3)19-12-13-20(22-15-19)18-11-7-10-17(14-18)16-8-5-4-6-9-16;/h3-15,17H,1-2H3;4-10,12-15H,1-3H3;/q2*-1;. The average molecular weight is 902 g/mol. The second-order valence-corrected chi connectivity index (χ2v) is 24.6. The van der Waals surface area contributed by atoms with Crippen molar-refractivity contribution >= 4 is 39.6 Å². The van der Waals surface area contributed by atoms with Crippen LogP contribution in [0.2, 0.25) is 17.3 Å². The Kier molecular flexibility index (Phi) is 11.2. The number of nitrogens with zero attached hydrogens (tertiary/aromatic N) is 2. The molecule has 0 aliphatic carbocycles. The van der Waals surface area contributed by atoms with Gasteiger partial charge in [0.05, 0.1) is 5.58 Å². The van der Waals surface area contributed by atoms with E-state index in [0.29, 0.717) is 5.92 Å². The van der Waals surface area contributed by atoms with E-state index in [1.807, 2.05) is 36.5 Å². The summed E-state index contributed by atoms with van der Waals surface area (Å²) in [6.07, 6.45) is 3.92. The van der Waals surface area contributed by atoms with Crippen LogP contribution < -0.4 is 4.40 Å². The van der Waals surface area contributed by atoms with Crippen LogP contribution in [0.25, 0.3) is 66.7 Å². The number of hydrogen-bond donors (Lipinski definition) is 0. The molecule has 0 saturated heterocycles. The zero-order chi connectivity index (χ0) is 34.7. The minimum absolute atomic E-state index is 0. The van der Waals surface area contributed by atoms with E-state index < -0.39 is 13.3 Å². The second kappa shape index (κ2) is 15.7. The second-order valence-electron chi connectivity index (χ2n) is 13.9. The van der Waals surface area contributed by atoms with E-state index in [2.05, 4.69) is 163 Å². The molecule has 0 amide bonds. The van der Waals surface area contributed by atoms with E-state index in [-0.39, 0.29) is 20.1 Å². The van der Waals surface area contributed by atoms with Crippen molar-refractivity contribution in [2.45, 2.75) is 37.0 Å². The number of rotatable bonds is 6. The van der Waals surface area contributed by atoms with Crippen molar-refractivity contribution in [1.29, 1.82) is 0 Å². The maximum absolute atomic E-state index is 6.17. The number of hydrogen-bond acceptors (Lipinski definition) is 3. The molecule has 0 aliphatic rings. The van der Waals surface area contributed by atoms with Gasteiger partial charge in [-0.2, -0.15) is 0 Å². The number of benzene rings is 5. The fourth-order valence-corrected chi connectivity index (χ4v) is 8.31. The summed E-state index contributed by atoms with van der Waals surface area (Å²) < 4.78 is 7.60. The largest absolute Gasteiger partial charge is 0 e. The number of pyridine rings is 2. The molecule has 5 aromatic carbocycles. The van der Waals surface area contributed by atoms with E-state index in [1.54, 1.807) is 0 Å². The molecule has 3 nitrogen and oxygen atoms in total. The van der Waals surface area contributed by atoms with Crippen molar-refractivity contribution in [2.75, 3.05) is 0 Å². The van der Waals surface area contributed by atoms with Crippen molar-refractivity contribution in [3.05, 3.63) is 164 Å². The van der Waals surface area contributed by atoms with E-state index in [1.165, 1.54) is 32.2 Å². The first-order valence-corrected chi connectivity index (χ1v) is 24.5. The SMILES string of the molecule is CC(C)c1ccnc(-c2[c-]c3oc4cccc(-c5ccccc5)c4c3cc2)c1.[CH3][Ge]([CH3])([CH3])[c]1ccc(-c2[c-]ccc(-c3ccccc3)c2)nc1.[Ir]. The molecule has 0 bridgehead atoms. The first-order valence-electron chi connectivity index (χ1n) is 17.2. The maximum Gasteiger partial charge on any atom is 0 e. The van der Waals surface area contributed by atoms with E-state index in [4.69, 9.17) is 4.42 Å². The van der Waals surface area contributed by atoms with E-state index in [0.717, 1.165) is 44.5 Å². The summed E-state index contributed by atoms with van der Waals surface area (Å²) in [5, 5.41) is 2.22. The van der Waals surface area contributed by atoms with Gasteiger partial charge in [0.2, 0.25) is 0 Å². The van der Waals surface area contributed by atoms with Gasteiger partial charge in [0.15, 0.2) is 0 Å². The molecular formula is C46H40GeIrN2O-2. The molecule has 0 fully saturated rings. The smallest absolute Gasteiger partial charge is 0 e. The van der Waals surface area contributed by atoms with Gasteiger partial charge in [-0.25, -0.2) is 0 Å². The van der Waals surface area contributed by atoms with Gasteiger partial charge in [0.25, 0.3) is 0 Å². The predicted octanol–water partition coefficient (Wildman–Crippen LogP) is 12.0. The Morgan fingerprint density at radius 2 is 1.39 bits per heavy atom. The summed E-state index contributed by atoms with van der Waals surface area (Å²) in [5.74, 6) is 7.63. The normalized spacial score (nSPS) is 11.3. The molecule has 0 aliphatic heterocycles. The van der Waals surface area contributed by atoms with Gasteiger partial charge in [-0.3, -0.25) is 0 Å². The minimum Gasteiger partial charge on any atom is 0 e. The van der Waals surface area contributed by atoms with Gasteiger partial charge in [0.1, 0.15) is 5.58 Å². The molecule has 0 spiro atoms. The van der Waals surface area contributed by atoms with Crippen LogP contribution in [0.3, 0.4) is 0 Å². The van der Waals surface area contributed by atoms with Gasteiger partial charge in [-0.15, -0.1) is 17.7 Å². The van der Waals surface area contributed by atoms with Crippen LogP contribution >= 0.6 is 0 Å². The molecule has 8 aromatic rings. The third kappa shape index (κ3) is 8.15. The van der Waals surface area contributed by atoms with Gasteiger partial charge in [-0.05, 0) is 40.3 Å². The first kappa shape index (κ1) is 36.2. The zero-order valence-electron chi connectivity index (χ0n) is 29.6. The molecular weight excluding hydrogens is 861 g/mol. The Labute approximate surface area is 317 Å². The molecule has 8 rings (SSSR count). The molecule has 51 heavy (non-hydrogen) atoms. The fourth-order valence-electron chi connectivity index (χ4n) is 6.14. The Hall–Kier alpha value is -4.61. The molecule has 3 heterocycles. The van der Waals surface area contributed by atoms with Gasteiger partial charge >= 0.3 is 135 Å². The monoisotopic (exact) mass is 903 g/mol. The molecule has 5 heteroatoms. The molecule has 255 valence electrons. The maximum atomic E-state index is 6.17. The predicted molar refractivity (Wildman–Crippen MR) is 212 cm³/mol. The van der Waals surface area contributed by atoms with Crippen LogP contribution in [-0.4, -0.2) is 23.2 Å². The molecule has 0 N–H and O–H groups in total. The Morgan fingerprint density at radius 1 is 0.647 bits per heavy atom. The Bertz CT molecular complexity index is 2380. The van der Waals surface area contributed by atoms with Crippen LogP contribution in [-0.2, 0) is 20.1 Å². The molecule has 0 saturated carbocycles. The Morgan fingerprint density at radius 3 is 2.08 bits per heavy atom. The van der Waals surface area contributed by atoms with Crippen LogP contribution in [0.1, 0.15) is 25.3 Å². The summed E-state index contributed by atoms with van der Waals surface area (Å²) >= 11 is -1.79.